The van der Waals surface area contributed by atoms with Gasteiger partial charge in [-0.05, 0) is 37.3 Å². The van der Waals surface area contributed by atoms with Crippen molar-refractivity contribution in [2.45, 2.75) is 13.5 Å². The van der Waals surface area contributed by atoms with Crippen LogP contribution in [0.3, 0.4) is 0 Å². The van der Waals surface area contributed by atoms with Crippen LogP contribution in [0.25, 0.3) is 11.0 Å². The first-order chi connectivity index (χ1) is 20.1. The summed E-state index contributed by atoms with van der Waals surface area (Å²) in [4.78, 5) is 18.0. The van der Waals surface area contributed by atoms with Crippen molar-refractivity contribution in [3.63, 3.8) is 0 Å². The highest BCUT2D eigenvalue weighted by atomic mass is 16.5. The second kappa shape index (κ2) is 14.8. The van der Waals surface area contributed by atoms with Crippen LogP contribution < -0.4 is 19.7 Å². The fraction of sp³-hybridized carbons (Fsp3) is 0.355. The van der Waals surface area contributed by atoms with Crippen molar-refractivity contribution in [2.75, 3.05) is 70.8 Å². The molecule has 0 unspecified atom stereocenters. The van der Waals surface area contributed by atoms with Gasteiger partial charge in [0.05, 0.1) is 31.1 Å². The molecule has 41 heavy (non-hydrogen) atoms. The van der Waals surface area contributed by atoms with Crippen molar-refractivity contribution in [3.8, 4) is 17.6 Å². The van der Waals surface area contributed by atoms with Crippen LogP contribution in [0, 0.1) is 18.3 Å². The van der Waals surface area contributed by atoms with E-state index in [1.807, 2.05) is 61.7 Å². The minimum Gasteiger partial charge on any atom is -0.493 e. The first-order valence-electron chi connectivity index (χ1n) is 13.6. The molecule has 5 rings (SSSR count). The van der Waals surface area contributed by atoms with Crippen LogP contribution in [0.5, 0.6) is 11.5 Å². The topological polar surface area (TPSA) is 109 Å². The number of hydrogen-bond donors (Lipinski definition) is 1. The van der Waals surface area contributed by atoms with Crippen LogP contribution in [0.15, 0.2) is 60.9 Å². The third-order valence-electron chi connectivity index (χ3n) is 6.83. The minimum absolute atomic E-state index is 0.494. The largest absolute Gasteiger partial charge is 0.493 e. The van der Waals surface area contributed by atoms with Gasteiger partial charge in [0.25, 0.3) is 0 Å². The number of methoxy groups -OCH3 is 2. The number of nitrogens with zero attached hydrogens (tertiary/aromatic N) is 6. The van der Waals surface area contributed by atoms with Gasteiger partial charge in [-0.15, -0.1) is 0 Å². The molecule has 0 radical (unpaired) electrons. The highest BCUT2D eigenvalue weighted by Crippen LogP contribution is 2.27. The maximum Gasteiger partial charge on any atom is 0.161 e. The molecular formula is C31H37N7O3. The Kier molecular flexibility index (Phi) is 10.7. The SMILES string of the molecule is CNc1ccc2ncc(N3CCN(CCOC)CC3)nc2c1C#N.COc1ccccc1OCc1ccc(C)nc1. The predicted molar refractivity (Wildman–Crippen MR) is 161 cm³/mol. The van der Waals surface area contributed by atoms with Crippen LogP contribution in [0.1, 0.15) is 16.8 Å². The quantitative estimate of drug-likeness (QED) is 0.321. The third-order valence-corrected chi connectivity index (χ3v) is 6.83. The standard InChI is InChI=1S/C17H22N6O.C14H15NO2/c1-19-14-3-4-15-17(13(14)11-18)21-16(12-20-15)23-7-5-22(6-8-23)9-10-24-2;1-11-7-8-12(9-15-11)10-17-14-6-4-3-5-13(14)16-2/h3-4,12,19H,5-10H2,1-2H3;3-9H,10H2,1-2H3. The number of pyridine rings is 1. The van der Waals surface area contributed by atoms with Crippen LogP contribution in [-0.4, -0.2) is 80.4 Å². The van der Waals surface area contributed by atoms with E-state index in [9.17, 15) is 5.26 Å². The van der Waals surface area contributed by atoms with Crippen molar-refractivity contribution in [1.29, 1.82) is 5.26 Å². The number of hydrogen-bond acceptors (Lipinski definition) is 10. The molecule has 0 spiro atoms. The number of rotatable bonds is 9. The lowest BCUT2D eigenvalue weighted by molar-refractivity contribution is 0.144. The Morgan fingerprint density at radius 1 is 0.951 bits per heavy atom. The lowest BCUT2D eigenvalue weighted by Crippen LogP contribution is -2.47. The van der Waals surface area contributed by atoms with Crippen molar-refractivity contribution in [2.24, 2.45) is 0 Å². The Balaban J connectivity index is 0.000000201. The lowest BCUT2D eigenvalue weighted by Gasteiger charge is -2.35. The summed E-state index contributed by atoms with van der Waals surface area (Å²) in [5, 5.41) is 12.5. The van der Waals surface area contributed by atoms with Gasteiger partial charge in [0.1, 0.15) is 29.6 Å². The Hall–Kier alpha value is -4.46. The number of benzene rings is 2. The molecule has 214 valence electrons. The first kappa shape index (κ1) is 29.5. The van der Waals surface area contributed by atoms with Gasteiger partial charge in [0.2, 0.25) is 0 Å². The molecular weight excluding hydrogens is 518 g/mol. The molecule has 2 aromatic carbocycles. The Morgan fingerprint density at radius 2 is 1.73 bits per heavy atom. The van der Waals surface area contributed by atoms with Crippen molar-refractivity contribution >= 4 is 22.5 Å². The average molecular weight is 556 g/mol. The highest BCUT2D eigenvalue weighted by Gasteiger charge is 2.19. The number of nitriles is 1. The minimum atomic E-state index is 0.494. The zero-order valence-electron chi connectivity index (χ0n) is 24.1. The average Bonchev–Trinajstić information content (AvgIpc) is 3.03. The van der Waals surface area contributed by atoms with E-state index in [1.54, 1.807) is 27.5 Å². The van der Waals surface area contributed by atoms with Crippen molar-refractivity contribution < 1.29 is 14.2 Å². The van der Waals surface area contributed by atoms with E-state index in [0.717, 1.165) is 79.1 Å². The van der Waals surface area contributed by atoms with Crippen molar-refractivity contribution in [3.05, 3.63) is 77.7 Å². The molecule has 1 fully saturated rings. The Labute approximate surface area is 241 Å². The molecule has 2 aromatic heterocycles. The molecule has 1 aliphatic heterocycles. The molecule has 4 aromatic rings. The van der Waals surface area contributed by atoms with E-state index < -0.39 is 0 Å². The van der Waals surface area contributed by atoms with Gasteiger partial charge in [-0.1, -0.05) is 18.2 Å². The number of piperazine rings is 1. The molecule has 0 saturated carbocycles. The predicted octanol–water partition coefficient (Wildman–Crippen LogP) is 4.29. The Morgan fingerprint density at radius 3 is 2.39 bits per heavy atom. The molecule has 3 heterocycles. The molecule has 1 saturated heterocycles. The van der Waals surface area contributed by atoms with Gasteiger partial charge < -0.3 is 24.4 Å². The molecule has 10 nitrogen and oxygen atoms in total. The summed E-state index contributed by atoms with van der Waals surface area (Å²) >= 11 is 0. The summed E-state index contributed by atoms with van der Waals surface area (Å²) in [5.41, 5.74) is 4.77. The highest BCUT2D eigenvalue weighted by molar-refractivity contribution is 5.87. The maximum absolute atomic E-state index is 9.48. The third kappa shape index (κ3) is 7.81. The van der Waals surface area contributed by atoms with Crippen LogP contribution in [0.4, 0.5) is 11.5 Å². The summed E-state index contributed by atoms with van der Waals surface area (Å²) in [6, 6.07) is 17.6. The van der Waals surface area contributed by atoms with Gasteiger partial charge in [-0.2, -0.15) is 5.26 Å². The van der Waals surface area contributed by atoms with E-state index in [-0.39, 0.29) is 0 Å². The summed E-state index contributed by atoms with van der Waals surface area (Å²) < 4.78 is 16.0. The fourth-order valence-corrected chi connectivity index (χ4v) is 4.45. The monoisotopic (exact) mass is 555 g/mol. The zero-order chi connectivity index (χ0) is 29.0. The number of nitrogens with one attached hydrogen (secondary N) is 1. The van der Waals surface area contributed by atoms with E-state index in [4.69, 9.17) is 19.2 Å². The second-order valence-electron chi connectivity index (χ2n) is 9.51. The number of para-hydroxylation sites is 2. The molecule has 0 bridgehead atoms. The summed E-state index contributed by atoms with van der Waals surface area (Å²) in [6.45, 7) is 7.93. The maximum atomic E-state index is 9.48. The first-order valence-corrected chi connectivity index (χ1v) is 13.6. The van der Waals surface area contributed by atoms with E-state index in [0.29, 0.717) is 17.7 Å². The van der Waals surface area contributed by atoms with Crippen molar-refractivity contribution in [1.82, 2.24) is 19.9 Å². The normalized spacial score (nSPS) is 13.2. The number of fused-ring (bicyclic) bond motifs is 1. The molecule has 0 amide bonds. The number of aromatic nitrogens is 3. The smallest absolute Gasteiger partial charge is 0.161 e. The molecule has 10 heteroatoms. The van der Waals surface area contributed by atoms with Crippen LogP contribution in [0.2, 0.25) is 0 Å². The van der Waals surface area contributed by atoms with Gasteiger partial charge >= 0.3 is 0 Å². The molecule has 1 N–H and O–H groups in total. The molecule has 0 atom stereocenters. The van der Waals surface area contributed by atoms with E-state index >= 15 is 0 Å². The van der Waals surface area contributed by atoms with E-state index in [2.05, 4.69) is 31.2 Å². The Bertz CT molecular complexity index is 1450. The van der Waals surface area contributed by atoms with E-state index in [1.165, 1.54) is 0 Å². The summed E-state index contributed by atoms with van der Waals surface area (Å²) in [5.74, 6) is 2.32. The summed E-state index contributed by atoms with van der Waals surface area (Å²) in [7, 11) is 5.17. The van der Waals surface area contributed by atoms with Crippen LogP contribution >= 0.6 is 0 Å². The molecule has 1 aliphatic rings. The zero-order valence-corrected chi connectivity index (χ0v) is 24.1. The lowest BCUT2D eigenvalue weighted by atomic mass is 10.1. The van der Waals surface area contributed by atoms with Gasteiger partial charge in [0, 0.05) is 64.3 Å². The second-order valence-corrected chi connectivity index (χ2v) is 9.51. The number of anilines is 2. The fourth-order valence-electron chi connectivity index (χ4n) is 4.45. The number of aryl methyl sites for hydroxylation is 1. The molecule has 0 aliphatic carbocycles. The van der Waals surface area contributed by atoms with Crippen LogP contribution in [-0.2, 0) is 11.3 Å². The van der Waals surface area contributed by atoms with Gasteiger partial charge in [0.15, 0.2) is 11.5 Å². The number of ether oxygens (including phenoxy) is 3. The summed E-state index contributed by atoms with van der Waals surface area (Å²) in [6.07, 6.45) is 3.62. The van der Waals surface area contributed by atoms with Gasteiger partial charge in [-0.3, -0.25) is 14.9 Å². The van der Waals surface area contributed by atoms with Gasteiger partial charge in [-0.25, -0.2) is 4.98 Å².